The Hall–Kier alpha value is -3.74. The highest BCUT2D eigenvalue weighted by atomic mass is 32.2. The maximum absolute atomic E-state index is 9.03. The number of hydrogen-bond donors (Lipinski definition) is 0. The average molecular weight is 591 g/mol. The predicted octanol–water partition coefficient (Wildman–Crippen LogP) is 6.96. The first-order valence-electron chi connectivity index (χ1n) is 14.3. The van der Waals surface area contributed by atoms with Gasteiger partial charge in [-0.1, -0.05) is 0 Å². The lowest BCUT2D eigenvalue weighted by Gasteiger charge is -2.25. The molecule has 8 nitrogen and oxygen atoms in total. The van der Waals surface area contributed by atoms with Gasteiger partial charge < -0.3 is 33.3 Å². The standard InChI is InChI=1S/C33H38N2O6S/c1-36-29-18-23(27-11-12-28(41-27)24-19-30(37-2)33(39-4)31(20-24)38-3)17-26(35-13-5-6-14-35)32(29)40-15-16-42-25-9-7-22(21-34)8-10-25/h7-10,17-20,27-28H,5-6,11-16H2,1-4H3. The molecule has 0 aromatic heterocycles. The van der Waals surface area contributed by atoms with Gasteiger partial charge in [0.1, 0.15) is 0 Å². The van der Waals surface area contributed by atoms with Crippen LogP contribution in [0.2, 0.25) is 0 Å². The monoisotopic (exact) mass is 590 g/mol. The van der Waals surface area contributed by atoms with E-state index in [2.05, 4.69) is 23.1 Å². The minimum Gasteiger partial charge on any atom is -0.493 e. The van der Waals surface area contributed by atoms with Crippen molar-refractivity contribution >= 4 is 17.4 Å². The van der Waals surface area contributed by atoms with E-state index in [0.29, 0.717) is 29.4 Å². The number of anilines is 1. The summed E-state index contributed by atoms with van der Waals surface area (Å²) in [5, 5.41) is 9.03. The molecule has 0 radical (unpaired) electrons. The number of rotatable bonds is 12. The molecule has 222 valence electrons. The molecule has 2 fully saturated rings. The molecule has 3 aromatic rings. The van der Waals surface area contributed by atoms with Crippen molar-refractivity contribution in [3.8, 4) is 34.8 Å². The summed E-state index contributed by atoms with van der Waals surface area (Å²) in [6, 6.07) is 18.0. The molecule has 0 saturated carbocycles. The topological polar surface area (TPSA) is 82.4 Å². The van der Waals surface area contributed by atoms with Crippen LogP contribution in [-0.4, -0.2) is 53.9 Å². The highest BCUT2D eigenvalue weighted by molar-refractivity contribution is 7.99. The fraction of sp³-hybridized carbons (Fsp3) is 0.424. The summed E-state index contributed by atoms with van der Waals surface area (Å²) in [6.45, 7) is 2.51. The van der Waals surface area contributed by atoms with Crippen molar-refractivity contribution in [3.63, 3.8) is 0 Å². The van der Waals surface area contributed by atoms with Gasteiger partial charge in [0.05, 0.1) is 64.6 Å². The van der Waals surface area contributed by atoms with Gasteiger partial charge in [-0.15, -0.1) is 11.8 Å². The van der Waals surface area contributed by atoms with E-state index in [1.807, 2.05) is 36.4 Å². The molecule has 5 rings (SSSR count). The zero-order valence-corrected chi connectivity index (χ0v) is 25.5. The lowest BCUT2D eigenvalue weighted by Crippen LogP contribution is -2.20. The van der Waals surface area contributed by atoms with Gasteiger partial charge in [0.2, 0.25) is 5.75 Å². The Bertz CT molecular complexity index is 1380. The number of methoxy groups -OCH3 is 4. The van der Waals surface area contributed by atoms with Crippen LogP contribution in [0.4, 0.5) is 5.69 Å². The van der Waals surface area contributed by atoms with Crippen molar-refractivity contribution < 1.29 is 28.4 Å². The maximum Gasteiger partial charge on any atom is 0.203 e. The smallest absolute Gasteiger partial charge is 0.203 e. The van der Waals surface area contributed by atoms with Gasteiger partial charge in [-0.3, -0.25) is 0 Å². The van der Waals surface area contributed by atoms with Gasteiger partial charge in [-0.25, -0.2) is 0 Å². The minimum atomic E-state index is -0.0971. The van der Waals surface area contributed by atoms with Crippen LogP contribution >= 0.6 is 11.8 Å². The SMILES string of the molecule is COc1cc(C2CCC(c3cc(OC)c(OCCSc4ccc(C#N)cc4)c(N4CCCC4)c3)O2)cc(OC)c1OC. The molecule has 0 spiro atoms. The molecule has 42 heavy (non-hydrogen) atoms. The number of hydrogen-bond acceptors (Lipinski definition) is 9. The van der Waals surface area contributed by atoms with Gasteiger partial charge in [0.25, 0.3) is 0 Å². The lowest BCUT2D eigenvalue weighted by atomic mass is 10.0. The molecule has 3 aromatic carbocycles. The van der Waals surface area contributed by atoms with E-state index in [9.17, 15) is 0 Å². The quantitative estimate of drug-likeness (QED) is 0.164. The van der Waals surface area contributed by atoms with Crippen LogP contribution in [0.1, 0.15) is 54.6 Å². The van der Waals surface area contributed by atoms with Gasteiger partial charge in [-0.05, 0) is 85.3 Å². The molecule has 0 N–H and O–H groups in total. The fourth-order valence-electron chi connectivity index (χ4n) is 5.63. The first-order valence-corrected chi connectivity index (χ1v) is 15.2. The van der Waals surface area contributed by atoms with Crippen LogP contribution in [0, 0.1) is 11.3 Å². The third-order valence-corrected chi connectivity index (χ3v) is 8.73. The van der Waals surface area contributed by atoms with Gasteiger partial charge in [0.15, 0.2) is 23.0 Å². The van der Waals surface area contributed by atoms with Crippen LogP contribution in [0.15, 0.2) is 53.4 Å². The Morgan fingerprint density at radius 3 is 1.93 bits per heavy atom. The summed E-state index contributed by atoms with van der Waals surface area (Å²) in [4.78, 5) is 3.50. The van der Waals surface area contributed by atoms with Gasteiger partial charge in [0, 0.05) is 23.7 Å². The van der Waals surface area contributed by atoms with E-state index in [4.69, 9.17) is 33.7 Å². The molecule has 2 atom stereocenters. The Balaban J connectivity index is 1.34. The maximum atomic E-state index is 9.03. The van der Waals surface area contributed by atoms with E-state index >= 15 is 0 Å². The van der Waals surface area contributed by atoms with Gasteiger partial charge >= 0.3 is 0 Å². The van der Waals surface area contributed by atoms with E-state index < -0.39 is 0 Å². The zero-order valence-electron chi connectivity index (χ0n) is 24.7. The highest BCUT2D eigenvalue weighted by Gasteiger charge is 2.32. The molecular weight excluding hydrogens is 552 g/mol. The first kappa shape index (κ1) is 29.7. The number of benzene rings is 3. The number of thioether (sulfide) groups is 1. The third-order valence-electron chi connectivity index (χ3n) is 7.76. The largest absolute Gasteiger partial charge is 0.493 e. The molecule has 2 unspecified atom stereocenters. The van der Waals surface area contributed by atoms with Crippen LogP contribution in [-0.2, 0) is 4.74 Å². The summed E-state index contributed by atoms with van der Waals surface area (Å²) >= 11 is 1.70. The van der Waals surface area contributed by atoms with E-state index in [1.54, 1.807) is 40.2 Å². The van der Waals surface area contributed by atoms with Crippen molar-refractivity contribution in [2.24, 2.45) is 0 Å². The molecule has 2 heterocycles. The summed E-state index contributed by atoms with van der Waals surface area (Å²) < 4.78 is 35.6. The number of nitriles is 1. The molecule has 0 amide bonds. The third kappa shape index (κ3) is 6.50. The lowest BCUT2D eigenvalue weighted by molar-refractivity contribution is 0.0437. The average Bonchev–Trinajstić information content (AvgIpc) is 3.76. The highest BCUT2D eigenvalue weighted by Crippen LogP contribution is 2.49. The van der Waals surface area contributed by atoms with Crippen LogP contribution < -0.4 is 28.6 Å². The summed E-state index contributed by atoms with van der Waals surface area (Å²) in [6.07, 6.45) is 3.89. The molecule has 2 aliphatic heterocycles. The van der Waals surface area contributed by atoms with Crippen molar-refractivity contribution in [2.75, 3.05) is 58.8 Å². The number of ether oxygens (including phenoxy) is 6. The van der Waals surface area contributed by atoms with Crippen molar-refractivity contribution in [1.82, 2.24) is 0 Å². The van der Waals surface area contributed by atoms with Crippen molar-refractivity contribution in [2.45, 2.75) is 42.8 Å². The molecule has 0 aliphatic carbocycles. The van der Waals surface area contributed by atoms with Crippen molar-refractivity contribution in [3.05, 3.63) is 65.2 Å². The van der Waals surface area contributed by atoms with Crippen LogP contribution in [0.5, 0.6) is 28.7 Å². The second kappa shape index (κ2) is 14.0. The summed E-state index contributed by atoms with van der Waals surface area (Å²) in [5.41, 5.74) is 3.81. The normalized spacial score (nSPS) is 18.0. The first-order chi connectivity index (χ1) is 20.6. The summed E-state index contributed by atoms with van der Waals surface area (Å²) in [5.74, 6) is 4.09. The Morgan fingerprint density at radius 2 is 1.38 bits per heavy atom. The molecule has 0 bridgehead atoms. The Kier molecular flexibility index (Phi) is 9.88. The van der Waals surface area contributed by atoms with E-state index in [-0.39, 0.29) is 12.2 Å². The van der Waals surface area contributed by atoms with Crippen LogP contribution in [0.3, 0.4) is 0 Å². The Morgan fingerprint density at radius 1 is 0.810 bits per heavy atom. The summed E-state index contributed by atoms with van der Waals surface area (Å²) in [7, 11) is 6.55. The van der Waals surface area contributed by atoms with Crippen molar-refractivity contribution in [1.29, 1.82) is 5.26 Å². The van der Waals surface area contributed by atoms with Gasteiger partial charge in [-0.2, -0.15) is 5.26 Å². The molecule has 9 heteroatoms. The Labute approximate surface area is 252 Å². The van der Waals surface area contributed by atoms with E-state index in [0.717, 1.165) is 77.7 Å². The molecule has 2 saturated heterocycles. The van der Waals surface area contributed by atoms with Crippen LogP contribution in [0.25, 0.3) is 0 Å². The second-order valence-corrected chi connectivity index (χ2v) is 11.4. The predicted molar refractivity (Wildman–Crippen MR) is 164 cm³/mol. The minimum absolute atomic E-state index is 0.0784. The molecular formula is C33H38N2O6S. The zero-order chi connectivity index (χ0) is 29.5. The molecule has 2 aliphatic rings. The van der Waals surface area contributed by atoms with E-state index in [1.165, 1.54) is 0 Å². The second-order valence-electron chi connectivity index (χ2n) is 10.2. The fourth-order valence-corrected chi connectivity index (χ4v) is 6.36. The number of nitrogens with zero attached hydrogens (tertiary/aromatic N) is 2.